The second-order valence-electron chi connectivity index (χ2n) is 4.28. The number of rotatable bonds is 2. The number of hydrogen-bond acceptors (Lipinski definition) is 3. The summed E-state index contributed by atoms with van der Waals surface area (Å²) in [7, 11) is 0. The summed E-state index contributed by atoms with van der Waals surface area (Å²) in [5, 5.41) is 8.73. The molecule has 0 spiro atoms. The maximum atomic E-state index is 13.3. The Bertz CT molecular complexity index is 499. The van der Waals surface area contributed by atoms with Gasteiger partial charge in [-0.05, 0) is 5.56 Å². The van der Waals surface area contributed by atoms with Crippen LogP contribution in [0.25, 0.3) is 0 Å². The zero-order chi connectivity index (χ0) is 13.9. The highest BCUT2D eigenvalue weighted by molar-refractivity contribution is 5.69. The van der Waals surface area contributed by atoms with E-state index in [4.69, 9.17) is 10.00 Å². The molecule has 1 fully saturated rings. The van der Waals surface area contributed by atoms with Gasteiger partial charge in [0.05, 0.1) is 6.07 Å². The first-order valence-electron chi connectivity index (χ1n) is 5.79. The summed E-state index contributed by atoms with van der Waals surface area (Å²) in [6, 6.07) is 8.62. The second-order valence-corrected chi connectivity index (χ2v) is 4.28. The monoisotopic (exact) mass is 266 g/mol. The Morgan fingerprint density at radius 3 is 2.79 bits per heavy atom. The van der Waals surface area contributed by atoms with Gasteiger partial charge in [0.2, 0.25) is 0 Å². The van der Waals surface area contributed by atoms with Crippen molar-refractivity contribution < 1.29 is 18.3 Å². The maximum Gasteiger partial charge on any atom is 0.411 e. The summed E-state index contributed by atoms with van der Waals surface area (Å²) >= 11 is 0. The van der Waals surface area contributed by atoms with Crippen LogP contribution in [0.4, 0.5) is 13.6 Å². The fourth-order valence-electron chi connectivity index (χ4n) is 1.93. The molecule has 1 aromatic carbocycles. The summed E-state index contributed by atoms with van der Waals surface area (Å²) in [5.41, 5.74) is 0.760. The molecule has 1 atom stereocenters. The van der Waals surface area contributed by atoms with Gasteiger partial charge in [0.1, 0.15) is 6.61 Å². The summed E-state index contributed by atoms with van der Waals surface area (Å²) in [5.74, 6) is -3.17. The Morgan fingerprint density at radius 1 is 1.47 bits per heavy atom. The van der Waals surface area contributed by atoms with E-state index in [9.17, 15) is 13.6 Å². The molecule has 0 radical (unpaired) electrons. The minimum Gasteiger partial charge on any atom is -0.445 e. The van der Waals surface area contributed by atoms with Gasteiger partial charge in [-0.1, -0.05) is 30.3 Å². The van der Waals surface area contributed by atoms with Crippen LogP contribution in [0.3, 0.4) is 0 Å². The first-order valence-corrected chi connectivity index (χ1v) is 5.79. The molecular formula is C13H12F2N2O2. The van der Waals surface area contributed by atoms with Crippen LogP contribution in [0.1, 0.15) is 12.0 Å². The van der Waals surface area contributed by atoms with Crippen molar-refractivity contribution in [1.29, 1.82) is 5.26 Å². The number of amides is 1. The third kappa shape index (κ3) is 2.81. The Labute approximate surface area is 109 Å². The highest BCUT2D eigenvalue weighted by Crippen LogP contribution is 2.33. The van der Waals surface area contributed by atoms with Gasteiger partial charge < -0.3 is 4.74 Å². The van der Waals surface area contributed by atoms with Gasteiger partial charge in [0, 0.05) is 13.0 Å². The standard InChI is InChI=1S/C13H12F2N2O2/c14-13(15)6-7-17(11(13)8-16)12(18)19-9-10-4-2-1-3-5-10/h1-5,11H,6-7,9H2. The van der Waals surface area contributed by atoms with Crippen molar-refractivity contribution in [2.24, 2.45) is 0 Å². The largest absolute Gasteiger partial charge is 0.445 e. The molecule has 1 aromatic rings. The molecule has 0 bridgehead atoms. The molecule has 4 nitrogen and oxygen atoms in total. The van der Waals surface area contributed by atoms with Crippen LogP contribution in [0.2, 0.25) is 0 Å². The molecule has 1 aliphatic heterocycles. The van der Waals surface area contributed by atoms with Crippen molar-refractivity contribution in [2.75, 3.05) is 6.54 Å². The molecule has 19 heavy (non-hydrogen) atoms. The quantitative estimate of drug-likeness (QED) is 0.826. The minimum absolute atomic E-state index is 0.000106. The molecule has 2 rings (SSSR count). The molecule has 0 N–H and O–H groups in total. The number of carbonyl (C=O) groups is 1. The van der Waals surface area contributed by atoms with E-state index in [2.05, 4.69) is 0 Å². The summed E-state index contributed by atoms with van der Waals surface area (Å²) in [6.07, 6.45) is -1.39. The number of likely N-dealkylation sites (tertiary alicyclic amines) is 1. The third-order valence-corrected chi connectivity index (χ3v) is 2.96. The number of ether oxygens (including phenoxy) is 1. The molecule has 1 saturated heterocycles. The van der Waals surface area contributed by atoms with E-state index in [0.29, 0.717) is 0 Å². The van der Waals surface area contributed by atoms with Crippen molar-refractivity contribution in [2.45, 2.75) is 25.0 Å². The highest BCUT2D eigenvalue weighted by Gasteiger charge is 2.51. The van der Waals surface area contributed by atoms with Crippen molar-refractivity contribution in [3.8, 4) is 6.07 Å². The van der Waals surface area contributed by atoms with Gasteiger partial charge in [0.15, 0.2) is 6.04 Å². The number of halogens is 2. The molecule has 0 saturated carbocycles. The lowest BCUT2D eigenvalue weighted by atomic mass is 10.2. The number of nitriles is 1. The van der Waals surface area contributed by atoms with Crippen LogP contribution < -0.4 is 0 Å². The molecule has 100 valence electrons. The van der Waals surface area contributed by atoms with Gasteiger partial charge in [0.25, 0.3) is 5.92 Å². The van der Waals surface area contributed by atoms with E-state index in [1.807, 2.05) is 6.07 Å². The van der Waals surface area contributed by atoms with Crippen LogP contribution in [-0.2, 0) is 11.3 Å². The van der Waals surface area contributed by atoms with E-state index >= 15 is 0 Å². The first kappa shape index (κ1) is 13.3. The summed E-state index contributed by atoms with van der Waals surface area (Å²) in [6.45, 7) is -0.168. The van der Waals surface area contributed by atoms with E-state index < -0.39 is 24.5 Å². The van der Waals surface area contributed by atoms with E-state index in [-0.39, 0.29) is 13.2 Å². The predicted octanol–water partition coefficient (Wildman–Crippen LogP) is 2.56. The van der Waals surface area contributed by atoms with E-state index in [1.165, 1.54) is 6.07 Å². The zero-order valence-corrected chi connectivity index (χ0v) is 10.1. The van der Waals surface area contributed by atoms with Crippen LogP contribution in [0.15, 0.2) is 30.3 Å². The number of alkyl halides is 2. The summed E-state index contributed by atoms with van der Waals surface area (Å²) < 4.78 is 31.6. The van der Waals surface area contributed by atoms with Gasteiger partial charge >= 0.3 is 6.09 Å². The lowest BCUT2D eigenvalue weighted by Gasteiger charge is -2.21. The molecule has 1 heterocycles. The first-order chi connectivity index (χ1) is 9.04. The molecule has 1 amide bonds. The van der Waals surface area contributed by atoms with E-state index in [1.54, 1.807) is 24.3 Å². The van der Waals surface area contributed by atoms with Crippen LogP contribution in [-0.4, -0.2) is 29.5 Å². The number of carbonyl (C=O) groups excluding carboxylic acids is 1. The average Bonchev–Trinajstić information content (AvgIpc) is 2.72. The molecule has 1 unspecified atom stereocenters. The van der Waals surface area contributed by atoms with Crippen LogP contribution in [0.5, 0.6) is 0 Å². The molecular weight excluding hydrogens is 254 g/mol. The van der Waals surface area contributed by atoms with Crippen molar-refractivity contribution in [3.05, 3.63) is 35.9 Å². The van der Waals surface area contributed by atoms with Crippen molar-refractivity contribution in [1.82, 2.24) is 4.90 Å². The fourth-order valence-corrected chi connectivity index (χ4v) is 1.93. The molecule has 1 aliphatic rings. The maximum absolute atomic E-state index is 13.3. The SMILES string of the molecule is N#CC1N(C(=O)OCc2ccccc2)CCC1(F)F. The van der Waals surface area contributed by atoms with E-state index in [0.717, 1.165) is 10.5 Å². The number of benzene rings is 1. The molecule has 6 heteroatoms. The Kier molecular flexibility index (Phi) is 3.65. The normalized spacial score (nSPS) is 20.9. The van der Waals surface area contributed by atoms with Crippen molar-refractivity contribution in [3.63, 3.8) is 0 Å². The summed E-state index contributed by atoms with van der Waals surface area (Å²) in [4.78, 5) is 12.5. The Balaban J connectivity index is 1.96. The lowest BCUT2D eigenvalue weighted by molar-refractivity contribution is -0.0135. The minimum atomic E-state index is -3.17. The predicted molar refractivity (Wildman–Crippen MR) is 62.3 cm³/mol. The Morgan fingerprint density at radius 2 is 2.16 bits per heavy atom. The third-order valence-electron chi connectivity index (χ3n) is 2.96. The number of nitrogens with zero attached hydrogens (tertiary/aromatic N) is 2. The van der Waals surface area contributed by atoms with Gasteiger partial charge in [-0.15, -0.1) is 0 Å². The van der Waals surface area contributed by atoms with Crippen LogP contribution >= 0.6 is 0 Å². The molecule has 0 aromatic heterocycles. The van der Waals surface area contributed by atoms with Crippen LogP contribution in [0, 0.1) is 11.3 Å². The second kappa shape index (κ2) is 5.22. The molecule has 0 aliphatic carbocycles. The average molecular weight is 266 g/mol. The smallest absolute Gasteiger partial charge is 0.411 e. The topological polar surface area (TPSA) is 53.3 Å². The zero-order valence-electron chi connectivity index (χ0n) is 10.1. The van der Waals surface area contributed by atoms with Gasteiger partial charge in [-0.25, -0.2) is 13.6 Å². The Hall–Kier alpha value is -2.16. The van der Waals surface area contributed by atoms with Crippen molar-refractivity contribution >= 4 is 6.09 Å². The fraction of sp³-hybridized carbons (Fsp3) is 0.385. The number of hydrogen-bond donors (Lipinski definition) is 0. The highest BCUT2D eigenvalue weighted by atomic mass is 19.3. The van der Waals surface area contributed by atoms with Gasteiger partial charge in [-0.3, -0.25) is 4.90 Å². The van der Waals surface area contributed by atoms with Gasteiger partial charge in [-0.2, -0.15) is 5.26 Å². The lowest BCUT2D eigenvalue weighted by Crippen LogP contribution is -2.41.